The molecule has 7 heteroatoms. The van der Waals surface area contributed by atoms with E-state index < -0.39 is 17.2 Å². The molecule has 0 aliphatic heterocycles. The van der Waals surface area contributed by atoms with Gasteiger partial charge in [-0.2, -0.15) is 0 Å². The summed E-state index contributed by atoms with van der Waals surface area (Å²) in [5, 5.41) is 9.42. The molecule has 0 spiro atoms. The first kappa shape index (κ1) is 20.4. The van der Waals surface area contributed by atoms with Crippen LogP contribution in [0.3, 0.4) is 0 Å². The van der Waals surface area contributed by atoms with Crippen LogP contribution in [-0.2, 0) is 9.53 Å². The number of halogens is 1. The van der Waals surface area contributed by atoms with Gasteiger partial charge in [-0.25, -0.2) is 4.79 Å². The molecule has 3 N–H and O–H groups in total. The predicted octanol–water partition coefficient (Wildman–Crippen LogP) is 3.56. The predicted molar refractivity (Wildman–Crippen MR) is 103 cm³/mol. The minimum Gasteiger partial charge on any atom is -0.444 e. The maximum atomic E-state index is 12.4. The molecule has 0 radical (unpaired) electrons. The van der Waals surface area contributed by atoms with E-state index in [1.807, 2.05) is 45.9 Å². The number of carbonyl (C=O) groups is 2. The summed E-state index contributed by atoms with van der Waals surface area (Å²) in [6.45, 7) is 7.83. The summed E-state index contributed by atoms with van der Waals surface area (Å²) in [7, 11) is 0. The van der Waals surface area contributed by atoms with E-state index in [0.717, 1.165) is 12.8 Å². The summed E-state index contributed by atoms with van der Waals surface area (Å²) in [6, 6.07) is 7.27. The lowest BCUT2D eigenvalue weighted by Gasteiger charge is -2.32. The van der Waals surface area contributed by atoms with E-state index >= 15 is 0 Å². The molecule has 6 nitrogen and oxygen atoms in total. The first-order valence-corrected chi connectivity index (χ1v) is 9.23. The number of amides is 2. The highest BCUT2D eigenvalue weighted by molar-refractivity contribution is 6.33. The second-order valence-electron chi connectivity index (χ2n) is 7.93. The summed E-state index contributed by atoms with van der Waals surface area (Å²) in [6.07, 6.45) is 1.59. The minimum absolute atomic E-state index is 0.110. The first-order chi connectivity index (χ1) is 12.1. The Bertz CT molecular complexity index is 656. The highest BCUT2D eigenvalue weighted by Gasteiger charge is 2.43. The van der Waals surface area contributed by atoms with Crippen molar-refractivity contribution in [2.45, 2.75) is 51.7 Å². The third-order valence-corrected chi connectivity index (χ3v) is 4.55. The van der Waals surface area contributed by atoms with Crippen LogP contribution in [0.15, 0.2) is 24.3 Å². The Labute approximate surface area is 160 Å². The molecule has 1 aliphatic carbocycles. The van der Waals surface area contributed by atoms with Gasteiger partial charge in [-0.1, -0.05) is 23.7 Å². The lowest BCUT2D eigenvalue weighted by molar-refractivity contribution is -0.121. The van der Waals surface area contributed by atoms with Crippen molar-refractivity contribution in [1.82, 2.24) is 10.6 Å². The summed E-state index contributed by atoms with van der Waals surface area (Å²) >= 11 is 6.08. The standard InChI is InChI=1S/C19H28ClN3O3/c1-18(2,3)26-17(25)22-12-19(4,13-9-10-13)23-16(24)11-21-15-8-6-5-7-14(15)20/h5-8,13,21H,9-12H2,1-4H3,(H,22,25)(H,23,24). The van der Waals surface area contributed by atoms with E-state index in [9.17, 15) is 9.59 Å². The second kappa shape index (κ2) is 8.16. The number of rotatable bonds is 7. The summed E-state index contributed by atoms with van der Waals surface area (Å²) in [5.74, 6) is 0.201. The van der Waals surface area contributed by atoms with Crippen molar-refractivity contribution in [2.75, 3.05) is 18.4 Å². The Morgan fingerprint density at radius 1 is 1.19 bits per heavy atom. The molecular weight excluding hydrogens is 354 g/mol. The highest BCUT2D eigenvalue weighted by atomic mass is 35.5. The molecule has 1 unspecified atom stereocenters. The van der Waals surface area contributed by atoms with Gasteiger partial charge in [0.05, 0.1) is 22.8 Å². The molecule has 1 fully saturated rings. The molecule has 144 valence electrons. The zero-order chi connectivity index (χ0) is 19.4. The molecule has 0 heterocycles. The van der Waals surface area contributed by atoms with Crippen LogP contribution in [0.2, 0.25) is 5.02 Å². The van der Waals surface area contributed by atoms with Gasteiger partial charge in [-0.15, -0.1) is 0 Å². The SMILES string of the molecule is CC(C)(C)OC(=O)NCC(C)(NC(=O)CNc1ccccc1Cl)C1CC1. The first-order valence-electron chi connectivity index (χ1n) is 8.85. The van der Waals surface area contributed by atoms with Gasteiger partial charge < -0.3 is 20.7 Å². The fourth-order valence-corrected chi connectivity index (χ4v) is 2.93. The van der Waals surface area contributed by atoms with Gasteiger partial charge in [0.1, 0.15) is 5.60 Å². The molecule has 0 bridgehead atoms. The molecule has 1 aromatic rings. The van der Waals surface area contributed by atoms with Crippen molar-refractivity contribution in [1.29, 1.82) is 0 Å². The number of benzene rings is 1. The van der Waals surface area contributed by atoms with Crippen molar-refractivity contribution >= 4 is 29.3 Å². The number of hydrogen-bond acceptors (Lipinski definition) is 4. The Balaban J connectivity index is 1.87. The molecule has 2 amide bonds. The van der Waals surface area contributed by atoms with E-state index in [-0.39, 0.29) is 12.5 Å². The summed E-state index contributed by atoms with van der Waals surface area (Å²) in [4.78, 5) is 24.3. The summed E-state index contributed by atoms with van der Waals surface area (Å²) < 4.78 is 5.27. The molecule has 1 atom stereocenters. The number of nitrogens with one attached hydrogen (secondary N) is 3. The third-order valence-electron chi connectivity index (χ3n) is 4.22. The average Bonchev–Trinajstić information content (AvgIpc) is 3.36. The largest absolute Gasteiger partial charge is 0.444 e. The van der Waals surface area contributed by atoms with Crippen LogP contribution < -0.4 is 16.0 Å². The van der Waals surface area contributed by atoms with Gasteiger partial charge in [0.25, 0.3) is 0 Å². The van der Waals surface area contributed by atoms with E-state index in [1.54, 1.807) is 6.07 Å². The Morgan fingerprint density at radius 3 is 2.42 bits per heavy atom. The van der Waals surface area contributed by atoms with Crippen LogP contribution in [0.1, 0.15) is 40.5 Å². The quantitative estimate of drug-likeness (QED) is 0.674. The van der Waals surface area contributed by atoms with Crippen LogP contribution in [0, 0.1) is 5.92 Å². The zero-order valence-corrected chi connectivity index (χ0v) is 16.6. The van der Waals surface area contributed by atoms with Crippen LogP contribution in [-0.4, -0.2) is 36.2 Å². The van der Waals surface area contributed by atoms with Crippen LogP contribution in [0.25, 0.3) is 0 Å². The van der Waals surface area contributed by atoms with Gasteiger partial charge in [-0.05, 0) is 58.6 Å². The number of ether oxygens (including phenoxy) is 1. The van der Waals surface area contributed by atoms with Crippen molar-refractivity contribution in [3.05, 3.63) is 29.3 Å². The van der Waals surface area contributed by atoms with E-state index in [0.29, 0.717) is 23.2 Å². The molecule has 0 saturated heterocycles. The molecule has 1 saturated carbocycles. The Kier molecular flexibility index (Phi) is 6.39. The Morgan fingerprint density at radius 2 is 1.85 bits per heavy atom. The second-order valence-corrected chi connectivity index (χ2v) is 8.34. The maximum Gasteiger partial charge on any atom is 0.407 e. The van der Waals surface area contributed by atoms with Crippen molar-refractivity contribution in [3.8, 4) is 0 Å². The van der Waals surface area contributed by atoms with Crippen molar-refractivity contribution in [3.63, 3.8) is 0 Å². The molecule has 1 aromatic carbocycles. The number of carbonyl (C=O) groups excluding carboxylic acids is 2. The smallest absolute Gasteiger partial charge is 0.407 e. The molecule has 0 aromatic heterocycles. The van der Waals surface area contributed by atoms with Gasteiger partial charge in [-0.3, -0.25) is 4.79 Å². The molecule has 1 aliphatic rings. The van der Waals surface area contributed by atoms with E-state index in [1.165, 1.54) is 0 Å². The maximum absolute atomic E-state index is 12.4. The lowest BCUT2D eigenvalue weighted by Crippen LogP contribution is -2.56. The van der Waals surface area contributed by atoms with Gasteiger partial charge in [0.15, 0.2) is 0 Å². The zero-order valence-electron chi connectivity index (χ0n) is 15.8. The van der Waals surface area contributed by atoms with Crippen LogP contribution >= 0.6 is 11.6 Å². The van der Waals surface area contributed by atoms with Crippen molar-refractivity contribution < 1.29 is 14.3 Å². The number of alkyl carbamates (subject to hydrolysis) is 1. The summed E-state index contributed by atoms with van der Waals surface area (Å²) in [5.41, 5.74) is -0.345. The van der Waals surface area contributed by atoms with Gasteiger partial charge >= 0.3 is 6.09 Å². The number of para-hydroxylation sites is 1. The average molecular weight is 382 g/mol. The molecule has 2 rings (SSSR count). The van der Waals surface area contributed by atoms with Crippen molar-refractivity contribution in [2.24, 2.45) is 5.92 Å². The number of anilines is 1. The van der Waals surface area contributed by atoms with Crippen LogP contribution in [0.4, 0.5) is 10.5 Å². The normalized spacial score (nSPS) is 16.3. The fourth-order valence-electron chi connectivity index (χ4n) is 2.72. The third kappa shape index (κ3) is 6.41. The highest BCUT2D eigenvalue weighted by Crippen LogP contribution is 2.39. The van der Waals surface area contributed by atoms with E-state index in [2.05, 4.69) is 16.0 Å². The fraction of sp³-hybridized carbons (Fsp3) is 0.579. The van der Waals surface area contributed by atoms with Gasteiger partial charge in [0, 0.05) is 6.54 Å². The van der Waals surface area contributed by atoms with E-state index in [4.69, 9.17) is 16.3 Å². The molecule has 26 heavy (non-hydrogen) atoms. The Hall–Kier alpha value is -1.95. The number of hydrogen-bond donors (Lipinski definition) is 3. The van der Waals surface area contributed by atoms with Gasteiger partial charge in [0.2, 0.25) is 5.91 Å². The monoisotopic (exact) mass is 381 g/mol. The lowest BCUT2D eigenvalue weighted by atomic mass is 9.95. The van der Waals surface area contributed by atoms with Crippen LogP contribution in [0.5, 0.6) is 0 Å². The minimum atomic E-state index is -0.553. The topological polar surface area (TPSA) is 79.5 Å². The molecular formula is C19H28ClN3O3.